The van der Waals surface area contributed by atoms with Crippen molar-refractivity contribution in [1.82, 2.24) is 0 Å². The topological polar surface area (TPSA) is 51.8 Å². The second-order valence-electron chi connectivity index (χ2n) is 5.40. The third-order valence-corrected chi connectivity index (χ3v) is 4.27. The lowest BCUT2D eigenvalue weighted by atomic mass is 9.77. The molecule has 0 amide bonds. The van der Waals surface area contributed by atoms with E-state index < -0.39 is 6.10 Å². The summed E-state index contributed by atoms with van der Waals surface area (Å²) in [5, 5.41) is 10.4. The van der Waals surface area contributed by atoms with Gasteiger partial charge in [-0.05, 0) is 37.7 Å². The normalized spacial score (nSPS) is 29.3. The summed E-state index contributed by atoms with van der Waals surface area (Å²) in [4.78, 5) is 0. The van der Waals surface area contributed by atoms with Gasteiger partial charge < -0.3 is 19.0 Å². The van der Waals surface area contributed by atoms with Crippen LogP contribution in [0.25, 0.3) is 0 Å². The number of aliphatic hydroxyl groups excluding tert-OH is 1. The third-order valence-electron chi connectivity index (χ3n) is 4.27. The molecule has 4 heteroatoms. The molecule has 1 aromatic rings. The Morgan fingerprint density at radius 1 is 1.28 bits per heavy atom. The molecule has 2 aliphatic rings. The van der Waals surface area contributed by atoms with Crippen LogP contribution < -0.4 is 0 Å². The monoisotopic (exact) mass is 252 g/mol. The Kier molecular flexibility index (Phi) is 3.41. The van der Waals surface area contributed by atoms with Gasteiger partial charge in [0.2, 0.25) is 0 Å². The summed E-state index contributed by atoms with van der Waals surface area (Å²) in [7, 11) is 0. The van der Waals surface area contributed by atoms with E-state index in [1.165, 1.54) is 0 Å². The Hall–Kier alpha value is -0.840. The smallest absolute Gasteiger partial charge is 0.0960 e. The van der Waals surface area contributed by atoms with Gasteiger partial charge in [-0.2, -0.15) is 0 Å². The zero-order chi connectivity index (χ0) is 12.4. The number of hydrogen-bond acceptors (Lipinski definition) is 4. The van der Waals surface area contributed by atoms with E-state index in [0.29, 0.717) is 0 Å². The molecule has 1 aromatic heterocycles. The number of rotatable bonds is 2. The summed E-state index contributed by atoms with van der Waals surface area (Å²) < 4.78 is 16.4. The molecular weight excluding hydrogens is 232 g/mol. The molecule has 1 N–H and O–H groups in total. The van der Waals surface area contributed by atoms with Crippen molar-refractivity contribution in [3.63, 3.8) is 0 Å². The van der Waals surface area contributed by atoms with Gasteiger partial charge in [0, 0.05) is 25.4 Å². The molecule has 2 aliphatic heterocycles. The zero-order valence-corrected chi connectivity index (χ0v) is 10.5. The van der Waals surface area contributed by atoms with Crippen LogP contribution in [0.1, 0.15) is 37.4 Å². The van der Waals surface area contributed by atoms with E-state index in [0.717, 1.165) is 51.1 Å². The summed E-state index contributed by atoms with van der Waals surface area (Å²) >= 11 is 0. The maximum absolute atomic E-state index is 10.4. The molecule has 1 spiro atoms. The predicted octanol–water partition coefficient (Wildman–Crippen LogP) is 2.29. The molecule has 2 saturated heterocycles. The molecule has 0 radical (unpaired) electrons. The van der Waals surface area contributed by atoms with Gasteiger partial charge in [-0.3, -0.25) is 0 Å². The quantitative estimate of drug-likeness (QED) is 0.877. The first kappa shape index (κ1) is 12.2. The van der Waals surface area contributed by atoms with Crippen LogP contribution in [-0.2, 0) is 9.47 Å². The van der Waals surface area contributed by atoms with Crippen LogP contribution in [0.3, 0.4) is 0 Å². The first-order valence-electron chi connectivity index (χ1n) is 6.71. The highest BCUT2D eigenvalue weighted by Gasteiger charge is 2.41. The van der Waals surface area contributed by atoms with Gasteiger partial charge in [0.15, 0.2) is 0 Å². The second kappa shape index (κ2) is 5.03. The van der Waals surface area contributed by atoms with Gasteiger partial charge in [0.05, 0.1) is 24.2 Å². The van der Waals surface area contributed by atoms with Crippen molar-refractivity contribution in [2.75, 3.05) is 19.8 Å². The van der Waals surface area contributed by atoms with Crippen molar-refractivity contribution in [2.24, 2.45) is 5.92 Å². The Labute approximate surface area is 107 Å². The van der Waals surface area contributed by atoms with Gasteiger partial charge >= 0.3 is 0 Å². The van der Waals surface area contributed by atoms with Crippen LogP contribution in [0.5, 0.6) is 0 Å². The van der Waals surface area contributed by atoms with E-state index in [-0.39, 0.29) is 11.5 Å². The minimum absolute atomic E-state index is 0.0636. The maximum Gasteiger partial charge on any atom is 0.0960 e. The lowest BCUT2D eigenvalue weighted by Crippen LogP contribution is -2.45. The molecular formula is C14H20O4. The predicted molar refractivity (Wildman–Crippen MR) is 65.1 cm³/mol. The first-order valence-corrected chi connectivity index (χ1v) is 6.71. The standard InChI is InChI=1S/C14H20O4/c15-13(12-1-5-17-10-12)11-2-6-18-14(9-11)3-7-16-8-4-14/h1,5,10-11,13,15H,2-4,6-9H2. The first-order chi connectivity index (χ1) is 8.79. The van der Waals surface area contributed by atoms with Crippen LogP contribution >= 0.6 is 0 Å². The van der Waals surface area contributed by atoms with Crippen LogP contribution in [0, 0.1) is 5.92 Å². The zero-order valence-electron chi connectivity index (χ0n) is 10.5. The molecule has 2 atom stereocenters. The fraction of sp³-hybridized carbons (Fsp3) is 0.714. The molecule has 0 aliphatic carbocycles. The minimum Gasteiger partial charge on any atom is -0.472 e. The van der Waals surface area contributed by atoms with Crippen LogP contribution in [0.2, 0.25) is 0 Å². The molecule has 3 heterocycles. The van der Waals surface area contributed by atoms with E-state index in [9.17, 15) is 5.11 Å². The average Bonchev–Trinajstić information content (AvgIpc) is 2.93. The highest BCUT2D eigenvalue weighted by Crippen LogP contribution is 2.41. The van der Waals surface area contributed by atoms with Crippen molar-refractivity contribution in [2.45, 2.75) is 37.4 Å². The number of ether oxygens (including phenoxy) is 2. The maximum atomic E-state index is 10.4. The third kappa shape index (κ3) is 2.32. The van der Waals surface area contributed by atoms with E-state index in [4.69, 9.17) is 13.9 Å². The molecule has 0 saturated carbocycles. The van der Waals surface area contributed by atoms with Gasteiger partial charge in [0.25, 0.3) is 0 Å². The molecule has 4 nitrogen and oxygen atoms in total. The highest BCUT2D eigenvalue weighted by molar-refractivity contribution is 5.11. The van der Waals surface area contributed by atoms with Crippen molar-refractivity contribution in [1.29, 1.82) is 0 Å². The van der Waals surface area contributed by atoms with Crippen molar-refractivity contribution in [3.05, 3.63) is 24.2 Å². The molecule has 2 unspecified atom stereocenters. The lowest BCUT2D eigenvalue weighted by Gasteiger charge is -2.44. The molecule has 0 aromatic carbocycles. The summed E-state index contributed by atoms with van der Waals surface area (Å²) in [5.74, 6) is 0.259. The van der Waals surface area contributed by atoms with E-state index >= 15 is 0 Å². The average molecular weight is 252 g/mol. The molecule has 18 heavy (non-hydrogen) atoms. The second-order valence-corrected chi connectivity index (χ2v) is 5.40. The fourth-order valence-corrected chi connectivity index (χ4v) is 3.14. The van der Waals surface area contributed by atoms with Crippen molar-refractivity contribution in [3.8, 4) is 0 Å². The van der Waals surface area contributed by atoms with E-state index in [1.807, 2.05) is 6.07 Å². The van der Waals surface area contributed by atoms with E-state index in [2.05, 4.69) is 0 Å². The van der Waals surface area contributed by atoms with Crippen molar-refractivity contribution < 1.29 is 19.0 Å². The van der Waals surface area contributed by atoms with Gasteiger partial charge in [-0.25, -0.2) is 0 Å². The number of hydrogen-bond donors (Lipinski definition) is 1. The van der Waals surface area contributed by atoms with Gasteiger partial charge in [-0.15, -0.1) is 0 Å². The molecule has 2 fully saturated rings. The van der Waals surface area contributed by atoms with Crippen LogP contribution in [0.4, 0.5) is 0 Å². The molecule has 0 bridgehead atoms. The number of aliphatic hydroxyl groups is 1. The van der Waals surface area contributed by atoms with Crippen LogP contribution in [-0.4, -0.2) is 30.5 Å². The Morgan fingerprint density at radius 3 is 2.83 bits per heavy atom. The largest absolute Gasteiger partial charge is 0.472 e. The molecule has 100 valence electrons. The Morgan fingerprint density at radius 2 is 2.11 bits per heavy atom. The highest BCUT2D eigenvalue weighted by atomic mass is 16.5. The van der Waals surface area contributed by atoms with E-state index in [1.54, 1.807) is 12.5 Å². The SMILES string of the molecule is OC(c1ccoc1)C1CCOC2(CCOCC2)C1. The van der Waals surface area contributed by atoms with Gasteiger partial charge in [0.1, 0.15) is 0 Å². The van der Waals surface area contributed by atoms with Crippen molar-refractivity contribution >= 4 is 0 Å². The minimum atomic E-state index is -0.438. The summed E-state index contributed by atoms with van der Waals surface area (Å²) in [6.07, 6.45) is 6.53. The fourth-order valence-electron chi connectivity index (χ4n) is 3.14. The lowest BCUT2D eigenvalue weighted by molar-refractivity contribution is -0.159. The molecule has 3 rings (SSSR count). The summed E-state index contributed by atoms with van der Waals surface area (Å²) in [5.41, 5.74) is 0.815. The number of furan rings is 1. The van der Waals surface area contributed by atoms with Gasteiger partial charge in [-0.1, -0.05) is 0 Å². The Balaban J connectivity index is 1.70. The Bertz CT molecular complexity index is 362. The van der Waals surface area contributed by atoms with Crippen LogP contribution in [0.15, 0.2) is 23.0 Å². The summed E-state index contributed by atoms with van der Waals surface area (Å²) in [6, 6.07) is 1.84. The summed E-state index contributed by atoms with van der Waals surface area (Å²) in [6.45, 7) is 2.28.